The molecule has 0 aromatic rings. The molecule has 0 bridgehead atoms. The molecule has 0 aromatic heterocycles. The number of methoxy groups -OCH3 is 1. The second kappa shape index (κ2) is 12.9. The van der Waals surface area contributed by atoms with E-state index < -0.39 is 0 Å². The molecule has 2 aliphatic rings. The lowest BCUT2D eigenvalue weighted by Crippen LogP contribution is -2.30. The van der Waals surface area contributed by atoms with Crippen molar-refractivity contribution >= 4 is 5.91 Å². The van der Waals surface area contributed by atoms with E-state index in [1.807, 2.05) is 4.90 Å². The van der Waals surface area contributed by atoms with E-state index in [1.54, 1.807) is 7.11 Å². The molecule has 2 rings (SSSR count). The van der Waals surface area contributed by atoms with Crippen LogP contribution in [-0.2, 0) is 14.3 Å². The summed E-state index contributed by atoms with van der Waals surface area (Å²) in [5.74, 6) is 2.89. The lowest BCUT2D eigenvalue weighted by Gasteiger charge is -2.28. The summed E-state index contributed by atoms with van der Waals surface area (Å²) in [7, 11) is 1.77. The maximum atomic E-state index is 12.3. The predicted molar refractivity (Wildman–Crippen MR) is 114 cm³/mol. The molecule has 1 atom stereocenters. The van der Waals surface area contributed by atoms with Crippen molar-refractivity contribution in [2.75, 3.05) is 39.9 Å². The predicted octanol–water partition coefficient (Wildman–Crippen LogP) is 4.40. The molecule has 1 aliphatic carbocycles. The zero-order valence-corrected chi connectivity index (χ0v) is 18.2. The number of nitrogens with zero attached hydrogens (tertiary/aromatic N) is 1. The Morgan fingerprint density at radius 3 is 2.82 bits per heavy atom. The van der Waals surface area contributed by atoms with Crippen LogP contribution in [0.25, 0.3) is 0 Å². The van der Waals surface area contributed by atoms with Crippen LogP contribution in [-0.4, -0.2) is 50.7 Å². The Morgan fingerprint density at radius 1 is 1.25 bits per heavy atom. The summed E-state index contributed by atoms with van der Waals surface area (Å²) in [6.07, 6.45) is 11.5. The summed E-state index contributed by atoms with van der Waals surface area (Å²) in [4.78, 5) is 14.2. The van der Waals surface area contributed by atoms with Gasteiger partial charge in [-0.15, -0.1) is 0 Å². The van der Waals surface area contributed by atoms with Crippen LogP contribution >= 0.6 is 0 Å². The first-order valence-electron chi connectivity index (χ1n) is 11.3. The summed E-state index contributed by atoms with van der Waals surface area (Å²) in [5, 5.41) is 3.47. The van der Waals surface area contributed by atoms with Gasteiger partial charge in [-0.25, -0.2) is 0 Å². The molecule has 0 radical (unpaired) electrons. The highest BCUT2D eigenvalue weighted by atomic mass is 16.5. The van der Waals surface area contributed by atoms with Crippen LogP contribution in [0.15, 0.2) is 23.2 Å². The average Bonchev–Trinajstić information content (AvgIpc) is 2.76. The SMILES string of the molecule is CCN(CC)C(=O)CCCCC1CCCCNCCOC2=C1C(OC)=CCC2. The second-order valence-corrected chi connectivity index (χ2v) is 7.75. The van der Waals surface area contributed by atoms with Gasteiger partial charge in [-0.05, 0) is 64.5 Å². The fourth-order valence-electron chi connectivity index (χ4n) is 4.33. The van der Waals surface area contributed by atoms with Gasteiger partial charge in [-0.2, -0.15) is 0 Å². The Balaban J connectivity index is 2.01. The van der Waals surface area contributed by atoms with Gasteiger partial charge in [0.05, 0.1) is 7.11 Å². The minimum absolute atomic E-state index is 0.289. The number of carbonyl (C=O) groups is 1. The fourth-order valence-corrected chi connectivity index (χ4v) is 4.33. The second-order valence-electron chi connectivity index (χ2n) is 7.75. The van der Waals surface area contributed by atoms with Crippen LogP contribution in [0.1, 0.15) is 71.6 Å². The average molecular weight is 393 g/mol. The largest absolute Gasteiger partial charge is 0.497 e. The number of unbranched alkanes of at least 4 members (excludes halogenated alkanes) is 1. The van der Waals surface area contributed by atoms with Gasteiger partial charge in [0.1, 0.15) is 18.1 Å². The zero-order valence-electron chi connectivity index (χ0n) is 18.2. The van der Waals surface area contributed by atoms with E-state index in [9.17, 15) is 4.79 Å². The Hall–Kier alpha value is -1.49. The highest BCUT2D eigenvalue weighted by Gasteiger charge is 2.26. The van der Waals surface area contributed by atoms with Crippen molar-refractivity contribution in [3.05, 3.63) is 23.2 Å². The molecule has 5 nitrogen and oxygen atoms in total. The van der Waals surface area contributed by atoms with Crippen molar-refractivity contribution in [3.8, 4) is 0 Å². The molecule has 0 saturated heterocycles. The zero-order chi connectivity index (χ0) is 20.2. The Labute approximate surface area is 171 Å². The van der Waals surface area contributed by atoms with Crippen LogP contribution < -0.4 is 5.32 Å². The maximum absolute atomic E-state index is 12.3. The van der Waals surface area contributed by atoms with E-state index in [2.05, 4.69) is 25.2 Å². The molecule has 0 fully saturated rings. The third-order valence-corrected chi connectivity index (χ3v) is 5.92. The fraction of sp³-hybridized carbons (Fsp3) is 0.783. The highest BCUT2D eigenvalue weighted by molar-refractivity contribution is 5.76. The van der Waals surface area contributed by atoms with E-state index in [0.29, 0.717) is 12.3 Å². The Kier molecular flexibility index (Phi) is 10.5. The molecule has 1 unspecified atom stereocenters. The first-order valence-corrected chi connectivity index (χ1v) is 11.3. The monoisotopic (exact) mass is 392 g/mol. The highest BCUT2D eigenvalue weighted by Crippen LogP contribution is 2.37. The first-order chi connectivity index (χ1) is 13.7. The Bertz CT molecular complexity index is 538. The molecule has 0 saturated carbocycles. The number of rotatable bonds is 8. The molecular formula is C23H40N2O3. The van der Waals surface area contributed by atoms with Crippen LogP contribution in [0, 0.1) is 5.92 Å². The number of nitrogens with one attached hydrogen (secondary N) is 1. The van der Waals surface area contributed by atoms with Gasteiger partial charge in [0.25, 0.3) is 0 Å². The van der Waals surface area contributed by atoms with E-state index in [-0.39, 0.29) is 5.91 Å². The van der Waals surface area contributed by atoms with Crippen molar-refractivity contribution < 1.29 is 14.3 Å². The van der Waals surface area contributed by atoms with Gasteiger partial charge < -0.3 is 19.7 Å². The third kappa shape index (κ3) is 6.84. The summed E-state index contributed by atoms with van der Waals surface area (Å²) in [5.41, 5.74) is 1.30. The van der Waals surface area contributed by atoms with Crippen molar-refractivity contribution in [2.24, 2.45) is 5.92 Å². The molecule has 1 N–H and O–H groups in total. The van der Waals surface area contributed by atoms with Crippen LogP contribution in [0.5, 0.6) is 0 Å². The number of ether oxygens (including phenoxy) is 2. The molecule has 1 heterocycles. The van der Waals surface area contributed by atoms with Crippen LogP contribution in [0.2, 0.25) is 0 Å². The van der Waals surface area contributed by atoms with E-state index >= 15 is 0 Å². The van der Waals surface area contributed by atoms with Gasteiger partial charge in [0.15, 0.2) is 0 Å². The first kappa shape index (κ1) is 22.8. The molecular weight excluding hydrogens is 352 g/mol. The minimum Gasteiger partial charge on any atom is -0.497 e. The van der Waals surface area contributed by atoms with Crippen LogP contribution in [0.3, 0.4) is 0 Å². The summed E-state index contributed by atoms with van der Waals surface area (Å²) in [6, 6.07) is 0. The number of amides is 1. The minimum atomic E-state index is 0.289. The van der Waals surface area contributed by atoms with E-state index in [1.165, 1.54) is 18.4 Å². The molecule has 5 heteroatoms. The molecule has 0 aromatic carbocycles. The van der Waals surface area contributed by atoms with Gasteiger partial charge in [0, 0.05) is 38.0 Å². The maximum Gasteiger partial charge on any atom is 0.222 e. The van der Waals surface area contributed by atoms with Gasteiger partial charge in [0.2, 0.25) is 5.91 Å². The number of hydrogen-bond donors (Lipinski definition) is 1. The normalized spacial score (nSPS) is 21.1. The van der Waals surface area contributed by atoms with Crippen LogP contribution in [0.4, 0.5) is 0 Å². The molecule has 160 valence electrons. The van der Waals surface area contributed by atoms with Crippen molar-refractivity contribution in [3.63, 3.8) is 0 Å². The smallest absolute Gasteiger partial charge is 0.222 e. The lowest BCUT2D eigenvalue weighted by atomic mass is 9.83. The molecule has 1 aliphatic heterocycles. The number of carbonyl (C=O) groups excluding carboxylic acids is 1. The Morgan fingerprint density at radius 2 is 2.07 bits per heavy atom. The molecule has 28 heavy (non-hydrogen) atoms. The number of hydrogen-bond acceptors (Lipinski definition) is 4. The quantitative estimate of drug-likeness (QED) is 0.622. The summed E-state index contributed by atoms with van der Waals surface area (Å²) >= 11 is 0. The van der Waals surface area contributed by atoms with Gasteiger partial charge in [-0.3, -0.25) is 4.79 Å². The van der Waals surface area contributed by atoms with E-state index in [0.717, 1.165) is 82.8 Å². The summed E-state index contributed by atoms with van der Waals surface area (Å²) < 4.78 is 11.9. The van der Waals surface area contributed by atoms with Crippen molar-refractivity contribution in [1.82, 2.24) is 10.2 Å². The summed E-state index contributed by atoms with van der Waals surface area (Å²) in [6.45, 7) is 8.40. The van der Waals surface area contributed by atoms with Gasteiger partial charge in [-0.1, -0.05) is 12.8 Å². The van der Waals surface area contributed by atoms with Gasteiger partial charge >= 0.3 is 0 Å². The third-order valence-electron chi connectivity index (χ3n) is 5.92. The lowest BCUT2D eigenvalue weighted by molar-refractivity contribution is -0.130. The number of allylic oxidation sites excluding steroid dienone is 3. The molecule has 0 spiro atoms. The van der Waals surface area contributed by atoms with E-state index in [4.69, 9.17) is 9.47 Å². The standard InChI is InChI=1S/C23H40N2O3/c1-4-25(5-2)22(26)15-7-6-11-19-12-8-9-16-24-17-18-28-21-14-10-13-20(27-3)23(19)21/h13,19,24H,4-12,14-18H2,1-3H3. The molecule has 1 amide bonds. The van der Waals surface area contributed by atoms with Crippen molar-refractivity contribution in [2.45, 2.75) is 71.6 Å². The van der Waals surface area contributed by atoms with Crippen molar-refractivity contribution in [1.29, 1.82) is 0 Å². The topological polar surface area (TPSA) is 50.8 Å².